The number of nitrogens with zero attached hydrogens (tertiary/aromatic N) is 1. The first-order valence-corrected chi connectivity index (χ1v) is 7.34. The van der Waals surface area contributed by atoms with Gasteiger partial charge in [0.1, 0.15) is 11.4 Å². The van der Waals surface area contributed by atoms with E-state index in [1.165, 1.54) is 0 Å². The van der Waals surface area contributed by atoms with Gasteiger partial charge in [-0.2, -0.15) is 17.6 Å². The molecule has 0 radical (unpaired) electrons. The molecular formula is C16H15N2O2S+. The standard InChI is InChI=1S/C16H14N2O2S/c19-15(8-9-21)20-12-6-7-13-14(10-12)18-16(17-13)11-4-2-1-3-5-11/h1-7,10,21H,8-9H2,(H,17,18)/p+1. The van der Waals surface area contributed by atoms with Crippen molar-refractivity contribution in [2.45, 2.75) is 6.42 Å². The van der Waals surface area contributed by atoms with E-state index in [4.69, 9.17) is 4.74 Å². The van der Waals surface area contributed by atoms with Crippen LogP contribution < -0.4 is 10.1 Å². The van der Waals surface area contributed by atoms with E-state index in [9.17, 15) is 4.79 Å². The zero-order chi connectivity index (χ0) is 14.7. The van der Waals surface area contributed by atoms with E-state index in [2.05, 4.69) is 17.6 Å². The van der Waals surface area contributed by atoms with Crippen molar-refractivity contribution in [2.75, 3.05) is 5.75 Å². The second-order valence-corrected chi connectivity index (χ2v) is 5.12. The van der Waals surface area contributed by atoms with Crippen LogP contribution in [0.2, 0.25) is 0 Å². The van der Waals surface area contributed by atoms with Crippen molar-refractivity contribution in [2.24, 2.45) is 4.99 Å². The maximum Gasteiger partial charge on any atom is 0.312 e. The molecule has 21 heavy (non-hydrogen) atoms. The Labute approximate surface area is 128 Å². The first-order valence-electron chi connectivity index (χ1n) is 6.71. The van der Waals surface area contributed by atoms with Crippen LogP contribution >= 0.6 is 12.6 Å². The Morgan fingerprint density at radius 2 is 2.00 bits per heavy atom. The van der Waals surface area contributed by atoms with Crippen LogP contribution in [0.25, 0.3) is 0 Å². The van der Waals surface area contributed by atoms with E-state index in [1.807, 2.05) is 47.8 Å². The predicted molar refractivity (Wildman–Crippen MR) is 84.8 cm³/mol. The molecule has 0 aromatic heterocycles. The van der Waals surface area contributed by atoms with Gasteiger partial charge in [0.25, 0.3) is 0 Å². The minimum Gasteiger partial charge on any atom is -0.426 e. The quantitative estimate of drug-likeness (QED) is 0.393. The van der Waals surface area contributed by atoms with Gasteiger partial charge in [0.2, 0.25) is 5.84 Å². The Hall–Kier alpha value is -2.11. The molecule has 2 N–H and O–H groups in total. The number of quaternary nitrogens is 1. The van der Waals surface area contributed by atoms with E-state index in [-0.39, 0.29) is 5.97 Å². The summed E-state index contributed by atoms with van der Waals surface area (Å²) >= 11 is 4.02. The summed E-state index contributed by atoms with van der Waals surface area (Å²) in [5.74, 6) is 1.68. The van der Waals surface area contributed by atoms with Crippen LogP contribution in [0.1, 0.15) is 12.0 Å². The average Bonchev–Trinajstić information content (AvgIpc) is 2.91. The summed E-state index contributed by atoms with van der Waals surface area (Å²) in [4.78, 5) is 16.1. The van der Waals surface area contributed by atoms with E-state index in [0.29, 0.717) is 17.9 Å². The highest BCUT2D eigenvalue weighted by molar-refractivity contribution is 7.80. The molecule has 0 bridgehead atoms. The lowest BCUT2D eigenvalue weighted by molar-refractivity contribution is -0.437. The first-order chi connectivity index (χ1) is 10.3. The largest absolute Gasteiger partial charge is 0.426 e. The average molecular weight is 299 g/mol. The number of nitrogens with two attached hydrogens (primary N) is 1. The SMILES string of the molecule is O=C(CCS)Oc1ccc2c(c1)[NH2+]C(c1ccccc1)=N2. The van der Waals surface area contributed by atoms with Gasteiger partial charge in [-0.15, -0.1) is 0 Å². The molecule has 1 aliphatic rings. The third-order valence-electron chi connectivity index (χ3n) is 3.15. The normalized spacial score (nSPS) is 12.7. The fourth-order valence-corrected chi connectivity index (χ4v) is 2.34. The maximum absolute atomic E-state index is 11.5. The highest BCUT2D eigenvalue weighted by Gasteiger charge is 2.21. The molecule has 0 atom stereocenters. The number of hydrogen-bond donors (Lipinski definition) is 2. The molecule has 1 aliphatic heterocycles. The van der Waals surface area contributed by atoms with Crippen molar-refractivity contribution in [1.82, 2.24) is 0 Å². The number of amidine groups is 1. The van der Waals surface area contributed by atoms with Gasteiger partial charge in [0.15, 0.2) is 5.69 Å². The fourth-order valence-electron chi connectivity index (χ4n) is 2.15. The molecule has 3 rings (SSSR count). The first kappa shape index (κ1) is 13.9. The van der Waals surface area contributed by atoms with Gasteiger partial charge in [-0.3, -0.25) is 10.1 Å². The maximum atomic E-state index is 11.5. The number of esters is 1. The second kappa shape index (κ2) is 6.11. The third kappa shape index (κ3) is 3.15. The van der Waals surface area contributed by atoms with Gasteiger partial charge >= 0.3 is 5.97 Å². The van der Waals surface area contributed by atoms with Crippen LogP contribution in [-0.4, -0.2) is 17.6 Å². The Bertz CT molecular complexity index is 699. The molecule has 5 heteroatoms. The van der Waals surface area contributed by atoms with E-state index in [1.54, 1.807) is 6.07 Å². The number of fused-ring (bicyclic) bond motifs is 1. The van der Waals surface area contributed by atoms with Crippen LogP contribution in [-0.2, 0) is 4.79 Å². The number of hydrogen-bond acceptors (Lipinski definition) is 4. The van der Waals surface area contributed by atoms with Gasteiger partial charge in [-0.1, -0.05) is 18.2 Å². The fraction of sp³-hybridized carbons (Fsp3) is 0.125. The molecule has 106 valence electrons. The Morgan fingerprint density at radius 3 is 2.76 bits per heavy atom. The Balaban J connectivity index is 1.77. The zero-order valence-corrected chi connectivity index (χ0v) is 12.2. The number of carbonyl (C=O) groups is 1. The van der Waals surface area contributed by atoms with Crippen molar-refractivity contribution in [1.29, 1.82) is 0 Å². The summed E-state index contributed by atoms with van der Waals surface area (Å²) in [6, 6.07) is 15.5. The molecule has 0 saturated heterocycles. The smallest absolute Gasteiger partial charge is 0.312 e. The summed E-state index contributed by atoms with van der Waals surface area (Å²) < 4.78 is 5.26. The third-order valence-corrected chi connectivity index (χ3v) is 3.37. The van der Waals surface area contributed by atoms with Crippen molar-refractivity contribution in [3.63, 3.8) is 0 Å². The number of aliphatic imine (C=N–C) groups is 1. The van der Waals surface area contributed by atoms with E-state index in [0.717, 1.165) is 22.8 Å². The van der Waals surface area contributed by atoms with Gasteiger partial charge < -0.3 is 4.74 Å². The molecule has 1 heterocycles. The summed E-state index contributed by atoms with van der Waals surface area (Å²) in [5.41, 5.74) is 2.93. The summed E-state index contributed by atoms with van der Waals surface area (Å²) in [5, 5.41) is 2.00. The Morgan fingerprint density at radius 1 is 1.19 bits per heavy atom. The monoisotopic (exact) mass is 299 g/mol. The molecular weight excluding hydrogens is 284 g/mol. The molecule has 2 aromatic carbocycles. The minimum atomic E-state index is -0.271. The topological polar surface area (TPSA) is 55.3 Å². The summed E-state index contributed by atoms with van der Waals surface area (Å²) in [6.07, 6.45) is 0.301. The van der Waals surface area contributed by atoms with Gasteiger partial charge in [0, 0.05) is 11.8 Å². The van der Waals surface area contributed by atoms with Crippen molar-refractivity contribution >= 4 is 35.8 Å². The van der Waals surface area contributed by atoms with E-state index < -0.39 is 0 Å². The molecule has 0 unspecified atom stereocenters. The van der Waals surface area contributed by atoms with Crippen LogP contribution in [0.5, 0.6) is 5.75 Å². The molecule has 0 spiro atoms. The van der Waals surface area contributed by atoms with Gasteiger partial charge in [-0.05, 0) is 24.3 Å². The molecule has 0 aliphatic carbocycles. The lowest BCUT2D eigenvalue weighted by atomic mass is 10.2. The number of ether oxygens (including phenoxy) is 1. The molecule has 0 saturated carbocycles. The van der Waals surface area contributed by atoms with Crippen LogP contribution in [0.3, 0.4) is 0 Å². The second-order valence-electron chi connectivity index (χ2n) is 4.68. The van der Waals surface area contributed by atoms with Crippen molar-refractivity contribution < 1.29 is 14.8 Å². The summed E-state index contributed by atoms with van der Waals surface area (Å²) in [7, 11) is 0. The summed E-state index contributed by atoms with van der Waals surface area (Å²) in [6.45, 7) is 0. The molecule has 2 aromatic rings. The van der Waals surface area contributed by atoms with Crippen LogP contribution in [0.15, 0.2) is 53.5 Å². The van der Waals surface area contributed by atoms with Crippen molar-refractivity contribution in [3.05, 3.63) is 54.1 Å². The van der Waals surface area contributed by atoms with Gasteiger partial charge in [-0.25, -0.2) is 0 Å². The molecule has 0 amide bonds. The van der Waals surface area contributed by atoms with E-state index >= 15 is 0 Å². The number of carbonyl (C=O) groups excluding carboxylic acids is 1. The lowest BCUT2D eigenvalue weighted by Gasteiger charge is -2.03. The minimum absolute atomic E-state index is 0.271. The highest BCUT2D eigenvalue weighted by atomic mass is 32.1. The van der Waals surface area contributed by atoms with Gasteiger partial charge in [0.05, 0.1) is 12.0 Å². The zero-order valence-electron chi connectivity index (χ0n) is 11.3. The van der Waals surface area contributed by atoms with Crippen molar-refractivity contribution in [3.8, 4) is 5.75 Å². The van der Waals surface area contributed by atoms with Crippen LogP contribution in [0, 0.1) is 0 Å². The number of benzene rings is 2. The lowest BCUT2D eigenvalue weighted by Crippen LogP contribution is -2.80. The Kier molecular flexibility index (Phi) is 4.03. The van der Waals surface area contributed by atoms with Crippen LogP contribution in [0.4, 0.5) is 11.4 Å². The predicted octanol–water partition coefficient (Wildman–Crippen LogP) is 2.20. The highest BCUT2D eigenvalue weighted by Crippen LogP contribution is 2.29. The molecule has 0 fully saturated rings. The molecule has 4 nitrogen and oxygen atoms in total. The number of rotatable bonds is 4. The number of thiol groups is 1.